The van der Waals surface area contributed by atoms with Gasteiger partial charge in [-0.25, -0.2) is 0 Å². The predicted molar refractivity (Wildman–Crippen MR) is 83.4 cm³/mol. The van der Waals surface area contributed by atoms with Gasteiger partial charge in [0.1, 0.15) is 16.5 Å². The maximum absolute atomic E-state index is 6.09. The van der Waals surface area contributed by atoms with Crippen LogP contribution < -0.4 is 10.5 Å². The van der Waals surface area contributed by atoms with E-state index in [1.165, 1.54) is 0 Å². The molecule has 2 rings (SSSR count). The molecule has 0 amide bonds. The van der Waals surface area contributed by atoms with Crippen molar-refractivity contribution in [3.63, 3.8) is 0 Å². The summed E-state index contributed by atoms with van der Waals surface area (Å²) in [5, 5.41) is 0.872. The summed E-state index contributed by atoms with van der Waals surface area (Å²) in [6, 6.07) is 11.1. The Kier molecular flexibility index (Phi) is 5.11. The molecule has 0 saturated heterocycles. The van der Waals surface area contributed by atoms with Gasteiger partial charge in [0, 0.05) is 0 Å². The molecule has 2 N–H and O–H groups in total. The molecule has 0 spiro atoms. The van der Waals surface area contributed by atoms with Crippen molar-refractivity contribution in [2.75, 3.05) is 6.54 Å². The van der Waals surface area contributed by atoms with Crippen molar-refractivity contribution in [1.29, 1.82) is 0 Å². The highest BCUT2D eigenvalue weighted by Gasteiger charge is 2.09. The molecule has 2 aromatic carbocycles. The Morgan fingerprint density at radius 1 is 1.11 bits per heavy atom. The number of rotatable bonds is 4. The van der Waals surface area contributed by atoms with Crippen LogP contribution in [-0.2, 0) is 6.42 Å². The highest BCUT2D eigenvalue weighted by Crippen LogP contribution is 2.37. The van der Waals surface area contributed by atoms with Gasteiger partial charge in [0.15, 0.2) is 0 Å². The fourth-order valence-corrected chi connectivity index (χ4v) is 2.47. The molecule has 0 aliphatic carbocycles. The maximum atomic E-state index is 6.09. The van der Waals surface area contributed by atoms with Gasteiger partial charge in [0.2, 0.25) is 0 Å². The third kappa shape index (κ3) is 3.63. The lowest BCUT2D eigenvalue weighted by Crippen LogP contribution is -2.02. The van der Waals surface area contributed by atoms with Gasteiger partial charge in [0.25, 0.3) is 0 Å². The summed E-state index contributed by atoms with van der Waals surface area (Å²) >= 11 is 15.5. The molecule has 0 unspecified atom stereocenters. The monoisotopic (exact) mass is 359 g/mol. The summed E-state index contributed by atoms with van der Waals surface area (Å²) < 4.78 is 6.62. The Bertz CT molecular complexity index is 590. The SMILES string of the molecule is NCCc1ccc(Oc2cccc(Cl)c2Cl)c(Br)c1. The predicted octanol–water partition coefficient (Wildman–Crippen LogP) is 5.05. The number of ether oxygens (including phenoxy) is 1. The Balaban J connectivity index is 2.26. The molecule has 0 aromatic heterocycles. The van der Waals surface area contributed by atoms with Crippen molar-refractivity contribution in [1.82, 2.24) is 0 Å². The quantitative estimate of drug-likeness (QED) is 0.827. The molecular weight excluding hydrogens is 349 g/mol. The van der Waals surface area contributed by atoms with E-state index in [4.69, 9.17) is 33.7 Å². The molecule has 5 heteroatoms. The summed E-state index contributed by atoms with van der Waals surface area (Å²) in [7, 11) is 0. The Morgan fingerprint density at radius 3 is 2.58 bits per heavy atom. The molecule has 0 fully saturated rings. The van der Waals surface area contributed by atoms with Crippen LogP contribution in [0.1, 0.15) is 5.56 Å². The van der Waals surface area contributed by atoms with Gasteiger partial charge in [0.05, 0.1) is 9.50 Å². The van der Waals surface area contributed by atoms with Crippen molar-refractivity contribution < 1.29 is 4.74 Å². The van der Waals surface area contributed by atoms with E-state index in [1.54, 1.807) is 18.2 Å². The molecule has 0 aliphatic rings. The van der Waals surface area contributed by atoms with Gasteiger partial charge in [-0.05, 0) is 58.7 Å². The summed E-state index contributed by atoms with van der Waals surface area (Å²) in [5.41, 5.74) is 6.68. The fraction of sp³-hybridized carbons (Fsp3) is 0.143. The van der Waals surface area contributed by atoms with E-state index in [0.717, 1.165) is 16.5 Å². The molecule has 100 valence electrons. The topological polar surface area (TPSA) is 35.2 Å². The maximum Gasteiger partial charge on any atom is 0.147 e. The second-order valence-corrected chi connectivity index (χ2v) is 5.60. The summed E-state index contributed by atoms with van der Waals surface area (Å²) in [6.07, 6.45) is 0.830. The van der Waals surface area contributed by atoms with Gasteiger partial charge in [-0.2, -0.15) is 0 Å². The van der Waals surface area contributed by atoms with E-state index in [2.05, 4.69) is 15.9 Å². The zero-order valence-corrected chi connectivity index (χ0v) is 13.1. The Labute approximate surface area is 130 Å². The van der Waals surface area contributed by atoms with Crippen LogP contribution in [0.3, 0.4) is 0 Å². The minimum Gasteiger partial charge on any atom is -0.455 e. The number of nitrogens with two attached hydrogens (primary N) is 1. The van der Waals surface area contributed by atoms with Crippen LogP contribution >= 0.6 is 39.1 Å². The summed E-state index contributed by atoms with van der Waals surface area (Å²) in [6.45, 7) is 0.618. The Hall–Kier alpha value is -0.740. The third-order valence-corrected chi connectivity index (χ3v) is 3.99. The molecule has 19 heavy (non-hydrogen) atoms. The first-order valence-corrected chi connectivity index (χ1v) is 7.27. The number of benzene rings is 2. The van der Waals surface area contributed by atoms with Crippen molar-refractivity contribution in [3.8, 4) is 11.5 Å². The molecule has 0 radical (unpaired) electrons. The van der Waals surface area contributed by atoms with Crippen LogP contribution in [0.25, 0.3) is 0 Å². The van der Waals surface area contributed by atoms with Crippen LogP contribution in [0.5, 0.6) is 11.5 Å². The van der Waals surface area contributed by atoms with Crippen LogP contribution in [0.2, 0.25) is 10.0 Å². The van der Waals surface area contributed by atoms with Crippen molar-refractivity contribution in [2.24, 2.45) is 5.73 Å². The first-order valence-electron chi connectivity index (χ1n) is 5.72. The van der Waals surface area contributed by atoms with E-state index in [0.29, 0.717) is 28.1 Å². The smallest absolute Gasteiger partial charge is 0.147 e. The van der Waals surface area contributed by atoms with E-state index >= 15 is 0 Å². The van der Waals surface area contributed by atoms with Gasteiger partial charge in [-0.15, -0.1) is 0 Å². The largest absolute Gasteiger partial charge is 0.455 e. The van der Waals surface area contributed by atoms with E-state index in [9.17, 15) is 0 Å². The molecule has 0 atom stereocenters. The first kappa shape index (κ1) is 14.7. The zero-order chi connectivity index (χ0) is 13.8. The third-order valence-electron chi connectivity index (χ3n) is 2.57. The van der Waals surface area contributed by atoms with Gasteiger partial charge in [-0.3, -0.25) is 0 Å². The van der Waals surface area contributed by atoms with Crippen molar-refractivity contribution in [3.05, 3.63) is 56.5 Å². The van der Waals surface area contributed by atoms with Crippen LogP contribution in [0.15, 0.2) is 40.9 Å². The van der Waals surface area contributed by atoms with Gasteiger partial charge in [-0.1, -0.05) is 35.3 Å². The highest BCUT2D eigenvalue weighted by molar-refractivity contribution is 9.10. The minimum atomic E-state index is 0.405. The van der Waals surface area contributed by atoms with Crippen LogP contribution in [0.4, 0.5) is 0 Å². The van der Waals surface area contributed by atoms with Crippen molar-refractivity contribution in [2.45, 2.75) is 6.42 Å². The lowest BCUT2D eigenvalue weighted by molar-refractivity contribution is 0.479. The normalized spacial score (nSPS) is 10.5. The zero-order valence-electron chi connectivity index (χ0n) is 10.00. The average molecular weight is 361 g/mol. The van der Waals surface area contributed by atoms with E-state index < -0.39 is 0 Å². The second-order valence-electron chi connectivity index (χ2n) is 3.96. The minimum absolute atomic E-state index is 0.405. The Morgan fingerprint density at radius 2 is 1.89 bits per heavy atom. The van der Waals surface area contributed by atoms with Crippen LogP contribution in [0, 0.1) is 0 Å². The molecular formula is C14H12BrCl2NO. The number of hydrogen-bond donors (Lipinski definition) is 1. The summed E-state index contributed by atoms with van der Waals surface area (Å²) in [5.74, 6) is 1.21. The van der Waals surface area contributed by atoms with E-state index in [-0.39, 0.29) is 0 Å². The lowest BCUT2D eigenvalue weighted by atomic mass is 10.1. The molecule has 0 aliphatic heterocycles. The van der Waals surface area contributed by atoms with Crippen molar-refractivity contribution >= 4 is 39.1 Å². The fourth-order valence-electron chi connectivity index (χ4n) is 1.63. The second kappa shape index (κ2) is 6.62. The first-order chi connectivity index (χ1) is 9.11. The molecule has 2 nitrogen and oxygen atoms in total. The van der Waals surface area contributed by atoms with Gasteiger partial charge < -0.3 is 10.5 Å². The molecule has 0 saturated carbocycles. The van der Waals surface area contributed by atoms with Crippen LogP contribution in [-0.4, -0.2) is 6.54 Å². The van der Waals surface area contributed by atoms with E-state index in [1.807, 2.05) is 18.2 Å². The summed E-state index contributed by atoms with van der Waals surface area (Å²) in [4.78, 5) is 0. The standard InChI is InChI=1S/C14H12BrCl2NO/c15-10-8-9(6-7-18)4-5-12(10)19-13-3-1-2-11(16)14(13)17/h1-5,8H,6-7,18H2. The highest BCUT2D eigenvalue weighted by atomic mass is 79.9. The number of halogens is 3. The molecule has 2 aromatic rings. The molecule has 0 bridgehead atoms. The van der Waals surface area contributed by atoms with Gasteiger partial charge >= 0.3 is 0 Å². The lowest BCUT2D eigenvalue weighted by Gasteiger charge is -2.11. The molecule has 0 heterocycles. The average Bonchev–Trinajstić information content (AvgIpc) is 2.38. The number of hydrogen-bond acceptors (Lipinski definition) is 2.